The van der Waals surface area contributed by atoms with E-state index >= 15 is 0 Å². The summed E-state index contributed by atoms with van der Waals surface area (Å²) in [7, 11) is 0. The van der Waals surface area contributed by atoms with E-state index in [0.717, 1.165) is 28.7 Å². The van der Waals surface area contributed by atoms with Crippen molar-refractivity contribution >= 4 is 34.6 Å². The number of para-hydroxylation sites is 3. The number of rotatable bonds is 7. The van der Waals surface area contributed by atoms with Gasteiger partial charge in [0.25, 0.3) is 0 Å². The summed E-state index contributed by atoms with van der Waals surface area (Å²) < 4.78 is 3.67. The molecule has 0 bridgehead atoms. The molecule has 2 aromatic carbocycles. The van der Waals surface area contributed by atoms with Crippen molar-refractivity contribution in [3.63, 3.8) is 0 Å². The number of nitrogens with one attached hydrogen (secondary N) is 1. The van der Waals surface area contributed by atoms with Crippen molar-refractivity contribution in [1.82, 2.24) is 29.1 Å². The van der Waals surface area contributed by atoms with Gasteiger partial charge in [-0.1, -0.05) is 51.1 Å². The predicted molar refractivity (Wildman–Crippen MR) is 165 cm³/mol. The Hall–Kier alpha value is -3.79. The second-order valence-corrected chi connectivity index (χ2v) is 13.7. The summed E-state index contributed by atoms with van der Waals surface area (Å²) in [5.74, 6) is 0.0282. The summed E-state index contributed by atoms with van der Waals surface area (Å²) in [6.45, 7) is 8.32. The molecule has 2 aliphatic rings. The lowest BCUT2D eigenvalue weighted by Gasteiger charge is -2.33. The highest BCUT2D eigenvalue weighted by Crippen LogP contribution is 2.46. The number of likely N-dealkylation sites (tertiary alicyclic amines) is 1. The summed E-state index contributed by atoms with van der Waals surface area (Å²) in [6.07, 6.45) is 6.11. The minimum Gasteiger partial charge on any atom is -0.342 e. The van der Waals surface area contributed by atoms with Gasteiger partial charge in [0.2, 0.25) is 11.8 Å². The normalized spacial score (nSPS) is 20.1. The van der Waals surface area contributed by atoms with Crippen molar-refractivity contribution in [2.75, 3.05) is 19.6 Å². The highest BCUT2D eigenvalue weighted by Gasteiger charge is 2.43. The van der Waals surface area contributed by atoms with Crippen LogP contribution in [-0.4, -0.2) is 65.8 Å². The number of thioether (sulfide) groups is 1. The van der Waals surface area contributed by atoms with Crippen molar-refractivity contribution in [1.29, 1.82) is 0 Å². The Morgan fingerprint density at radius 2 is 1.76 bits per heavy atom. The minimum absolute atomic E-state index is 0.00218. The molecule has 2 fully saturated rings. The molecule has 6 rings (SSSR count). The molecule has 2 amide bonds. The first-order valence-corrected chi connectivity index (χ1v) is 15.7. The van der Waals surface area contributed by atoms with Crippen LogP contribution in [0.15, 0.2) is 71.8 Å². The second kappa shape index (κ2) is 11.5. The van der Waals surface area contributed by atoms with Crippen LogP contribution in [0.1, 0.15) is 63.4 Å². The van der Waals surface area contributed by atoms with Gasteiger partial charge in [-0.15, -0.1) is 11.8 Å². The molecule has 42 heavy (non-hydrogen) atoms. The molecule has 0 radical (unpaired) electrons. The molecular weight excluding hydrogens is 548 g/mol. The molecular formula is C32H38N6O3S. The van der Waals surface area contributed by atoms with Gasteiger partial charge in [0.15, 0.2) is 0 Å². The third-order valence-electron chi connectivity index (χ3n) is 8.36. The van der Waals surface area contributed by atoms with Crippen LogP contribution in [-0.2, 0) is 9.59 Å². The Labute approximate surface area is 249 Å². The summed E-state index contributed by atoms with van der Waals surface area (Å²) in [4.78, 5) is 46.9. The average Bonchev–Trinajstić information content (AvgIpc) is 3.69. The van der Waals surface area contributed by atoms with Crippen LogP contribution in [0.2, 0.25) is 0 Å². The Kier molecular flexibility index (Phi) is 7.74. The number of amides is 2. The number of carbonyl (C=O) groups is 2. The van der Waals surface area contributed by atoms with E-state index in [1.165, 1.54) is 0 Å². The van der Waals surface area contributed by atoms with E-state index in [9.17, 15) is 14.4 Å². The van der Waals surface area contributed by atoms with Gasteiger partial charge in [-0.2, -0.15) is 5.10 Å². The van der Waals surface area contributed by atoms with Gasteiger partial charge in [0.1, 0.15) is 5.37 Å². The standard InChI is InChI=1S/C32H38N6O3S/c1-32(2,3)15-20-36-29(40)27(42-30(36)23-9-4-6-11-25(23)37-17-8-16-33-37)21-28(39)35-18-13-22(14-19-35)38-26-12-7-5-10-24(26)34-31(38)41/h4-12,16-17,22,27,30H,13-15,18-21H2,1-3H3,(H,34,41). The predicted octanol–water partition coefficient (Wildman–Crippen LogP) is 5.15. The van der Waals surface area contributed by atoms with Gasteiger partial charge in [0, 0.05) is 50.1 Å². The molecule has 2 aromatic heterocycles. The average molecular weight is 587 g/mol. The number of aromatic nitrogens is 4. The van der Waals surface area contributed by atoms with E-state index in [0.29, 0.717) is 32.5 Å². The van der Waals surface area contributed by atoms with E-state index in [4.69, 9.17) is 0 Å². The van der Waals surface area contributed by atoms with Gasteiger partial charge in [-0.05, 0) is 48.9 Å². The maximum absolute atomic E-state index is 13.9. The largest absolute Gasteiger partial charge is 0.342 e. The zero-order valence-corrected chi connectivity index (χ0v) is 25.2. The number of fused-ring (bicyclic) bond motifs is 1. The Bertz CT molecular complexity index is 1630. The molecule has 2 aliphatic heterocycles. The Morgan fingerprint density at radius 3 is 2.50 bits per heavy atom. The zero-order chi connectivity index (χ0) is 29.4. The molecule has 1 N–H and O–H groups in total. The third kappa shape index (κ3) is 5.64. The van der Waals surface area contributed by atoms with Gasteiger partial charge >= 0.3 is 5.69 Å². The summed E-state index contributed by atoms with van der Waals surface area (Å²) in [5.41, 5.74) is 3.66. The van der Waals surface area contributed by atoms with Crippen molar-refractivity contribution in [2.24, 2.45) is 5.41 Å². The van der Waals surface area contributed by atoms with Crippen LogP contribution < -0.4 is 5.69 Å². The highest BCUT2D eigenvalue weighted by molar-refractivity contribution is 8.01. The summed E-state index contributed by atoms with van der Waals surface area (Å²) in [5, 5.41) is 3.80. The molecule has 4 aromatic rings. The third-order valence-corrected chi connectivity index (χ3v) is 9.82. The Morgan fingerprint density at radius 1 is 1.02 bits per heavy atom. The lowest BCUT2D eigenvalue weighted by Crippen LogP contribution is -2.42. The van der Waals surface area contributed by atoms with Crippen molar-refractivity contribution < 1.29 is 9.59 Å². The van der Waals surface area contributed by atoms with E-state index in [1.807, 2.05) is 73.8 Å². The molecule has 2 unspecified atom stereocenters. The van der Waals surface area contributed by atoms with Crippen LogP contribution in [0.3, 0.4) is 0 Å². The molecule has 220 valence electrons. The number of benzene rings is 2. The number of carbonyl (C=O) groups excluding carboxylic acids is 2. The molecule has 4 heterocycles. The lowest BCUT2D eigenvalue weighted by molar-refractivity contribution is -0.136. The number of hydrogen-bond acceptors (Lipinski definition) is 5. The monoisotopic (exact) mass is 586 g/mol. The minimum atomic E-state index is -0.442. The number of H-pyrrole nitrogens is 1. The maximum atomic E-state index is 13.9. The first kappa shape index (κ1) is 28.3. The zero-order valence-electron chi connectivity index (χ0n) is 24.4. The van der Waals surface area contributed by atoms with Crippen LogP contribution in [0.5, 0.6) is 0 Å². The molecule has 0 aliphatic carbocycles. The van der Waals surface area contributed by atoms with Crippen LogP contribution in [0.25, 0.3) is 16.7 Å². The van der Waals surface area contributed by atoms with Crippen molar-refractivity contribution in [2.45, 2.75) is 63.1 Å². The van der Waals surface area contributed by atoms with Gasteiger partial charge < -0.3 is 14.8 Å². The fourth-order valence-corrected chi connectivity index (χ4v) is 7.57. The topological polar surface area (TPSA) is 96.2 Å². The highest BCUT2D eigenvalue weighted by atomic mass is 32.2. The quantitative estimate of drug-likeness (QED) is 0.323. The summed E-state index contributed by atoms with van der Waals surface area (Å²) in [6, 6.07) is 17.7. The number of imidazole rings is 1. The second-order valence-electron chi connectivity index (χ2n) is 12.5. The first-order valence-electron chi connectivity index (χ1n) is 14.7. The van der Waals surface area contributed by atoms with Crippen LogP contribution in [0.4, 0.5) is 0 Å². The molecule has 9 nitrogen and oxygen atoms in total. The number of nitrogens with zero attached hydrogens (tertiary/aromatic N) is 5. The first-order chi connectivity index (χ1) is 20.2. The van der Waals surface area contributed by atoms with Crippen LogP contribution in [0, 0.1) is 5.41 Å². The number of hydrogen-bond donors (Lipinski definition) is 1. The smallest absolute Gasteiger partial charge is 0.326 e. The maximum Gasteiger partial charge on any atom is 0.326 e. The fraction of sp³-hybridized carbons (Fsp3) is 0.438. The molecule has 10 heteroatoms. The van der Waals surface area contributed by atoms with Crippen molar-refractivity contribution in [3.8, 4) is 5.69 Å². The van der Waals surface area contributed by atoms with Gasteiger partial charge in [-0.3, -0.25) is 14.2 Å². The molecule has 0 saturated carbocycles. The SMILES string of the molecule is CC(C)(C)CCN1C(=O)C(CC(=O)N2CCC(n3c(=O)[nH]c4ccccc43)CC2)SC1c1ccccc1-n1cccn1. The summed E-state index contributed by atoms with van der Waals surface area (Å²) >= 11 is 1.57. The fourth-order valence-electron chi connectivity index (χ4n) is 6.06. The molecule has 0 spiro atoms. The van der Waals surface area contributed by atoms with E-state index in [-0.39, 0.29) is 40.8 Å². The van der Waals surface area contributed by atoms with Gasteiger partial charge in [0.05, 0.1) is 22.0 Å². The molecule has 2 saturated heterocycles. The lowest BCUT2D eigenvalue weighted by atomic mass is 9.92. The Balaban J connectivity index is 1.17. The molecule has 2 atom stereocenters. The number of aromatic amines is 1. The van der Waals surface area contributed by atoms with Gasteiger partial charge in [-0.25, -0.2) is 9.48 Å². The number of piperidine rings is 1. The van der Waals surface area contributed by atoms with E-state index in [1.54, 1.807) is 18.0 Å². The van der Waals surface area contributed by atoms with E-state index in [2.05, 4.69) is 36.9 Å². The van der Waals surface area contributed by atoms with Crippen molar-refractivity contribution in [3.05, 3.63) is 83.0 Å². The van der Waals surface area contributed by atoms with E-state index < -0.39 is 5.25 Å². The van der Waals surface area contributed by atoms with Crippen LogP contribution >= 0.6 is 11.8 Å².